The van der Waals surface area contributed by atoms with E-state index in [-0.39, 0.29) is 18.5 Å². The SMILES string of the molecule is CCC[CH2][Sn]([CH2]CCC)([CH2]CCC)/[C](=C/C(=C/COC1CCCCO1)COC1CCCCO1)C(=O)OC. The first-order chi connectivity index (χ1) is 18.1. The fourth-order valence-corrected chi connectivity index (χ4v) is 21.5. The Morgan fingerprint density at radius 2 is 1.38 bits per heavy atom. The number of carbonyl (C=O) groups excluding carboxylic acids is 1. The van der Waals surface area contributed by atoms with Crippen molar-refractivity contribution in [1.29, 1.82) is 0 Å². The summed E-state index contributed by atoms with van der Waals surface area (Å²) < 4.78 is 33.9. The van der Waals surface area contributed by atoms with E-state index >= 15 is 0 Å². The van der Waals surface area contributed by atoms with Gasteiger partial charge in [0.25, 0.3) is 0 Å². The number of methoxy groups -OCH3 is 1. The van der Waals surface area contributed by atoms with Crippen LogP contribution in [0.5, 0.6) is 0 Å². The minimum atomic E-state index is -3.05. The van der Waals surface area contributed by atoms with Gasteiger partial charge in [-0.2, -0.15) is 0 Å². The van der Waals surface area contributed by atoms with Crippen molar-refractivity contribution in [1.82, 2.24) is 0 Å². The molecule has 2 aliphatic rings. The molecule has 37 heavy (non-hydrogen) atoms. The molecule has 0 saturated carbocycles. The van der Waals surface area contributed by atoms with E-state index in [2.05, 4.69) is 32.9 Å². The summed E-state index contributed by atoms with van der Waals surface area (Å²) in [4.78, 5) is 13.4. The van der Waals surface area contributed by atoms with Crippen LogP contribution in [0.4, 0.5) is 0 Å². The molecule has 214 valence electrons. The van der Waals surface area contributed by atoms with Crippen LogP contribution in [0.2, 0.25) is 13.3 Å². The van der Waals surface area contributed by atoms with Crippen LogP contribution < -0.4 is 0 Å². The number of carbonyl (C=O) groups is 1. The zero-order valence-corrected chi connectivity index (χ0v) is 27.0. The normalized spacial score (nSPS) is 21.7. The van der Waals surface area contributed by atoms with Crippen LogP contribution in [0.1, 0.15) is 97.8 Å². The van der Waals surface area contributed by atoms with Crippen molar-refractivity contribution in [2.45, 2.75) is 124 Å². The van der Waals surface area contributed by atoms with E-state index in [9.17, 15) is 4.79 Å². The molecule has 0 aromatic carbocycles. The molecule has 2 rings (SSSR count). The van der Waals surface area contributed by atoms with Crippen LogP contribution in [0.3, 0.4) is 0 Å². The van der Waals surface area contributed by atoms with Crippen LogP contribution >= 0.6 is 0 Å². The van der Waals surface area contributed by atoms with Gasteiger partial charge in [0.15, 0.2) is 0 Å². The van der Waals surface area contributed by atoms with E-state index in [0.29, 0.717) is 13.2 Å². The molecule has 7 heteroatoms. The van der Waals surface area contributed by atoms with Crippen molar-refractivity contribution >= 4 is 24.3 Å². The third-order valence-corrected chi connectivity index (χ3v) is 23.2. The fraction of sp³-hybridized carbons (Fsp3) is 0.833. The number of rotatable bonds is 18. The average Bonchev–Trinajstić information content (AvgIpc) is 2.95. The molecular formula is C30H54O6Sn. The Bertz CT molecular complexity index is 658. The molecule has 0 aromatic rings. The molecule has 2 saturated heterocycles. The summed E-state index contributed by atoms with van der Waals surface area (Å²) in [6, 6.07) is 0. The molecule has 2 heterocycles. The fourth-order valence-electron chi connectivity index (χ4n) is 5.34. The predicted octanol–water partition coefficient (Wildman–Crippen LogP) is 7.49. The van der Waals surface area contributed by atoms with Gasteiger partial charge in [-0.05, 0) is 0 Å². The Kier molecular flexibility index (Phi) is 17.4. The Balaban J connectivity index is 2.36. The van der Waals surface area contributed by atoms with Gasteiger partial charge < -0.3 is 0 Å². The summed E-state index contributed by atoms with van der Waals surface area (Å²) in [5, 5.41) is 0. The van der Waals surface area contributed by atoms with Crippen LogP contribution in [0.15, 0.2) is 21.3 Å². The predicted molar refractivity (Wildman–Crippen MR) is 152 cm³/mol. The van der Waals surface area contributed by atoms with E-state index in [0.717, 1.165) is 80.2 Å². The van der Waals surface area contributed by atoms with Gasteiger partial charge in [0.2, 0.25) is 0 Å². The van der Waals surface area contributed by atoms with Crippen LogP contribution in [-0.4, -0.2) is 70.5 Å². The number of unbranched alkanes of at least 4 members (excludes halogenated alkanes) is 3. The quantitative estimate of drug-likeness (QED) is 0.0678. The van der Waals surface area contributed by atoms with Crippen molar-refractivity contribution in [3.05, 3.63) is 21.3 Å². The van der Waals surface area contributed by atoms with Gasteiger partial charge in [-0.3, -0.25) is 0 Å². The molecule has 0 spiro atoms. The molecule has 0 aliphatic carbocycles. The molecule has 0 radical (unpaired) electrons. The van der Waals surface area contributed by atoms with Crippen molar-refractivity contribution in [3.8, 4) is 0 Å². The van der Waals surface area contributed by atoms with Gasteiger partial charge in [-0.1, -0.05) is 0 Å². The number of hydrogen-bond acceptors (Lipinski definition) is 6. The monoisotopic (exact) mass is 630 g/mol. The zero-order valence-electron chi connectivity index (χ0n) is 24.2. The van der Waals surface area contributed by atoms with Gasteiger partial charge >= 0.3 is 231 Å². The van der Waals surface area contributed by atoms with E-state index in [1.165, 1.54) is 39.7 Å². The molecule has 0 aromatic heterocycles. The van der Waals surface area contributed by atoms with E-state index in [1.54, 1.807) is 0 Å². The summed E-state index contributed by atoms with van der Waals surface area (Å²) in [7, 11) is 1.53. The second kappa shape index (κ2) is 19.6. The third-order valence-electron chi connectivity index (χ3n) is 7.67. The molecule has 2 unspecified atom stereocenters. The number of ether oxygens (including phenoxy) is 5. The zero-order chi connectivity index (χ0) is 26.8. The number of hydrogen-bond donors (Lipinski definition) is 0. The molecule has 0 amide bonds. The molecule has 2 fully saturated rings. The summed E-state index contributed by atoms with van der Waals surface area (Å²) in [6.45, 7) is 9.14. The summed E-state index contributed by atoms with van der Waals surface area (Å²) >= 11 is -3.05. The van der Waals surface area contributed by atoms with Crippen LogP contribution in [0, 0.1) is 0 Å². The van der Waals surface area contributed by atoms with Crippen LogP contribution in [-0.2, 0) is 28.5 Å². The molecule has 2 aliphatic heterocycles. The average molecular weight is 629 g/mol. The van der Waals surface area contributed by atoms with Gasteiger partial charge in [-0.15, -0.1) is 0 Å². The van der Waals surface area contributed by atoms with Crippen LogP contribution in [0.25, 0.3) is 0 Å². The minimum absolute atomic E-state index is 0.129. The Labute approximate surface area is 230 Å². The first-order valence-electron chi connectivity index (χ1n) is 15.0. The van der Waals surface area contributed by atoms with Crippen molar-refractivity contribution in [2.75, 3.05) is 33.5 Å². The van der Waals surface area contributed by atoms with E-state index in [4.69, 9.17) is 23.7 Å². The first kappa shape index (κ1) is 32.8. The second-order valence-corrected chi connectivity index (χ2v) is 23.8. The molecule has 0 N–H and O–H groups in total. The van der Waals surface area contributed by atoms with Gasteiger partial charge in [-0.25, -0.2) is 0 Å². The van der Waals surface area contributed by atoms with Gasteiger partial charge in [0.05, 0.1) is 0 Å². The molecule has 0 bridgehead atoms. The molecular weight excluding hydrogens is 575 g/mol. The maximum absolute atomic E-state index is 13.4. The van der Waals surface area contributed by atoms with E-state index in [1.807, 2.05) is 0 Å². The van der Waals surface area contributed by atoms with Gasteiger partial charge in [0.1, 0.15) is 0 Å². The maximum atomic E-state index is 13.4. The summed E-state index contributed by atoms with van der Waals surface area (Å²) in [6.07, 6.45) is 17.2. The third kappa shape index (κ3) is 12.1. The summed E-state index contributed by atoms with van der Waals surface area (Å²) in [5.41, 5.74) is 0.996. The van der Waals surface area contributed by atoms with E-state index < -0.39 is 18.4 Å². The van der Waals surface area contributed by atoms with Crippen molar-refractivity contribution in [3.63, 3.8) is 0 Å². The standard InChI is InChI=1S/C18H27O6.3C4H9.Sn/c1-20-16(19)9-8-15(14-24-18-7-3-5-12-22-18)10-13-23-17-6-2-4-11-21-17;3*1-3-4-2;/h8,10,17-18H,2-7,11-14H2,1H3;3*1,3-4H2,2H3;/b9-8?,15-10-;;;;. The Hall–Kier alpha value is -0.411. The Morgan fingerprint density at radius 3 is 1.84 bits per heavy atom. The van der Waals surface area contributed by atoms with Gasteiger partial charge in [0, 0.05) is 0 Å². The number of esters is 1. The first-order valence-corrected chi connectivity index (χ1v) is 22.5. The second-order valence-electron chi connectivity index (χ2n) is 10.7. The van der Waals surface area contributed by atoms with Crippen molar-refractivity contribution < 1.29 is 28.5 Å². The summed E-state index contributed by atoms with van der Waals surface area (Å²) in [5.74, 6) is -0.129. The topological polar surface area (TPSA) is 63.2 Å². The molecule has 6 nitrogen and oxygen atoms in total. The van der Waals surface area contributed by atoms with Crippen molar-refractivity contribution in [2.24, 2.45) is 0 Å². The molecule has 2 atom stereocenters. The Morgan fingerprint density at radius 1 is 0.838 bits per heavy atom.